The SMILES string of the molecule is CCOC(CCNCC(C)SC)OCC. The summed E-state index contributed by atoms with van der Waals surface area (Å²) in [7, 11) is 0. The number of hydrogen-bond donors (Lipinski definition) is 1. The highest BCUT2D eigenvalue weighted by atomic mass is 32.2. The molecule has 0 aliphatic carbocycles. The van der Waals surface area contributed by atoms with Gasteiger partial charge in [-0.25, -0.2) is 0 Å². The molecule has 15 heavy (non-hydrogen) atoms. The van der Waals surface area contributed by atoms with Crippen LogP contribution in [-0.2, 0) is 9.47 Å². The largest absolute Gasteiger partial charge is 0.353 e. The van der Waals surface area contributed by atoms with Gasteiger partial charge in [0.1, 0.15) is 0 Å². The zero-order valence-corrected chi connectivity index (χ0v) is 11.2. The van der Waals surface area contributed by atoms with Gasteiger partial charge in [-0.3, -0.25) is 0 Å². The standard InChI is InChI=1S/C11H25NO2S/c1-5-13-11(14-6-2)7-8-12-9-10(3)15-4/h10-12H,5-9H2,1-4H3. The summed E-state index contributed by atoms with van der Waals surface area (Å²) in [5.41, 5.74) is 0. The third kappa shape index (κ3) is 9.18. The van der Waals surface area contributed by atoms with Crippen molar-refractivity contribution in [1.29, 1.82) is 0 Å². The Balaban J connectivity index is 3.43. The molecule has 92 valence electrons. The average Bonchev–Trinajstić information content (AvgIpc) is 2.24. The van der Waals surface area contributed by atoms with Gasteiger partial charge in [0.15, 0.2) is 6.29 Å². The summed E-state index contributed by atoms with van der Waals surface area (Å²) in [6.45, 7) is 9.64. The molecule has 0 aromatic carbocycles. The van der Waals surface area contributed by atoms with Crippen molar-refractivity contribution in [2.24, 2.45) is 0 Å². The summed E-state index contributed by atoms with van der Waals surface area (Å²) in [5, 5.41) is 4.07. The van der Waals surface area contributed by atoms with Crippen LogP contribution < -0.4 is 5.32 Å². The Morgan fingerprint density at radius 1 is 1.20 bits per heavy atom. The van der Waals surface area contributed by atoms with Crippen LogP contribution in [0.1, 0.15) is 27.2 Å². The minimum atomic E-state index is -0.0444. The highest BCUT2D eigenvalue weighted by Gasteiger charge is 2.07. The minimum absolute atomic E-state index is 0.0444. The van der Waals surface area contributed by atoms with Crippen molar-refractivity contribution in [2.75, 3.05) is 32.6 Å². The number of ether oxygens (including phenoxy) is 2. The molecule has 0 fully saturated rings. The van der Waals surface area contributed by atoms with Gasteiger partial charge in [-0.05, 0) is 26.6 Å². The zero-order valence-electron chi connectivity index (χ0n) is 10.4. The van der Waals surface area contributed by atoms with Gasteiger partial charge in [-0.15, -0.1) is 0 Å². The summed E-state index contributed by atoms with van der Waals surface area (Å²) in [6, 6.07) is 0. The molecule has 0 saturated carbocycles. The van der Waals surface area contributed by atoms with E-state index >= 15 is 0 Å². The number of nitrogens with one attached hydrogen (secondary N) is 1. The highest BCUT2D eigenvalue weighted by Crippen LogP contribution is 2.03. The lowest BCUT2D eigenvalue weighted by Crippen LogP contribution is -2.28. The molecule has 0 spiro atoms. The zero-order chi connectivity index (χ0) is 11.5. The maximum absolute atomic E-state index is 5.45. The second-order valence-electron chi connectivity index (χ2n) is 3.38. The van der Waals surface area contributed by atoms with Crippen LogP contribution in [0.2, 0.25) is 0 Å². The van der Waals surface area contributed by atoms with E-state index in [0.29, 0.717) is 18.5 Å². The maximum Gasteiger partial charge on any atom is 0.158 e. The van der Waals surface area contributed by atoms with E-state index in [0.717, 1.165) is 19.5 Å². The van der Waals surface area contributed by atoms with Gasteiger partial charge in [0, 0.05) is 31.4 Å². The first kappa shape index (κ1) is 15.2. The topological polar surface area (TPSA) is 30.5 Å². The van der Waals surface area contributed by atoms with Crippen LogP contribution in [0, 0.1) is 0 Å². The molecule has 0 saturated heterocycles. The van der Waals surface area contributed by atoms with E-state index in [9.17, 15) is 0 Å². The first-order valence-electron chi connectivity index (χ1n) is 5.71. The van der Waals surface area contributed by atoms with Crippen molar-refractivity contribution in [3.63, 3.8) is 0 Å². The lowest BCUT2D eigenvalue weighted by Gasteiger charge is -2.17. The van der Waals surface area contributed by atoms with Gasteiger partial charge in [-0.2, -0.15) is 11.8 Å². The van der Waals surface area contributed by atoms with E-state index in [-0.39, 0.29) is 6.29 Å². The van der Waals surface area contributed by atoms with E-state index in [1.165, 1.54) is 0 Å². The van der Waals surface area contributed by atoms with Gasteiger partial charge < -0.3 is 14.8 Å². The molecule has 4 heteroatoms. The smallest absolute Gasteiger partial charge is 0.158 e. The van der Waals surface area contributed by atoms with Crippen LogP contribution >= 0.6 is 11.8 Å². The molecule has 0 aromatic heterocycles. The van der Waals surface area contributed by atoms with Crippen molar-refractivity contribution >= 4 is 11.8 Å². The average molecular weight is 235 g/mol. The summed E-state index contributed by atoms with van der Waals surface area (Å²) in [4.78, 5) is 0. The van der Waals surface area contributed by atoms with Crippen molar-refractivity contribution < 1.29 is 9.47 Å². The van der Waals surface area contributed by atoms with Crippen molar-refractivity contribution in [2.45, 2.75) is 38.7 Å². The van der Waals surface area contributed by atoms with Crippen LogP contribution in [-0.4, -0.2) is 44.1 Å². The summed E-state index contributed by atoms with van der Waals surface area (Å²) in [5.74, 6) is 0. The molecule has 1 atom stereocenters. The van der Waals surface area contributed by atoms with E-state index in [2.05, 4.69) is 18.5 Å². The highest BCUT2D eigenvalue weighted by molar-refractivity contribution is 7.99. The lowest BCUT2D eigenvalue weighted by atomic mass is 10.4. The number of hydrogen-bond acceptors (Lipinski definition) is 4. The lowest BCUT2D eigenvalue weighted by molar-refractivity contribution is -0.138. The summed E-state index contributed by atoms with van der Waals surface area (Å²) < 4.78 is 10.9. The second-order valence-corrected chi connectivity index (χ2v) is 4.66. The van der Waals surface area contributed by atoms with Crippen molar-refractivity contribution in [3.8, 4) is 0 Å². The molecule has 1 unspecified atom stereocenters. The van der Waals surface area contributed by atoms with E-state index in [1.807, 2.05) is 25.6 Å². The molecule has 0 bridgehead atoms. The van der Waals surface area contributed by atoms with Crippen LogP contribution in [0.15, 0.2) is 0 Å². The molecule has 0 aromatic rings. The van der Waals surface area contributed by atoms with Crippen LogP contribution in [0.4, 0.5) is 0 Å². The third-order valence-corrected chi connectivity index (χ3v) is 3.07. The van der Waals surface area contributed by atoms with Gasteiger partial charge in [0.25, 0.3) is 0 Å². The Labute approximate surface area is 98.3 Å². The molecule has 3 nitrogen and oxygen atoms in total. The quantitative estimate of drug-likeness (QED) is 0.464. The Bertz CT molecular complexity index is 130. The first-order chi connectivity index (χ1) is 7.24. The van der Waals surface area contributed by atoms with Crippen LogP contribution in [0.5, 0.6) is 0 Å². The summed E-state index contributed by atoms with van der Waals surface area (Å²) in [6.07, 6.45) is 3.01. The molecule has 0 heterocycles. The molecular weight excluding hydrogens is 210 g/mol. The molecule has 1 N–H and O–H groups in total. The van der Waals surface area contributed by atoms with Gasteiger partial charge in [0.2, 0.25) is 0 Å². The fraction of sp³-hybridized carbons (Fsp3) is 1.00. The second kappa shape index (κ2) is 10.7. The Hall–Kier alpha value is 0.230. The van der Waals surface area contributed by atoms with Crippen molar-refractivity contribution in [3.05, 3.63) is 0 Å². The number of rotatable bonds is 10. The molecule has 0 amide bonds. The first-order valence-corrected chi connectivity index (χ1v) is 7.00. The monoisotopic (exact) mass is 235 g/mol. The van der Waals surface area contributed by atoms with Crippen LogP contribution in [0.3, 0.4) is 0 Å². The van der Waals surface area contributed by atoms with E-state index in [1.54, 1.807) is 0 Å². The molecule has 0 aliphatic heterocycles. The molecule has 0 rings (SSSR count). The fourth-order valence-corrected chi connectivity index (χ4v) is 1.48. The van der Waals surface area contributed by atoms with E-state index in [4.69, 9.17) is 9.47 Å². The summed E-state index contributed by atoms with van der Waals surface area (Å²) >= 11 is 1.88. The Morgan fingerprint density at radius 2 is 1.80 bits per heavy atom. The minimum Gasteiger partial charge on any atom is -0.353 e. The van der Waals surface area contributed by atoms with Gasteiger partial charge in [0.05, 0.1) is 0 Å². The maximum atomic E-state index is 5.45. The third-order valence-electron chi connectivity index (χ3n) is 2.10. The predicted molar refractivity (Wildman–Crippen MR) is 67.5 cm³/mol. The molecule has 0 aliphatic rings. The predicted octanol–water partition coefficient (Wildman–Crippen LogP) is 2.12. The Morgan fingerprint density at radius 3 is 2.27 bits per heavy atom. The van der Waals surface area contributed by atoms with Crippen molar-refractivity contribution in [1.82, 2.24) is 5.32 Å². The normalized spacial score (nSPS) is 13.4. The van der Waals surface area contributed by atoms with Gasteiger partial charge >= 0.3 is 0 Å². The molecular formula is C11H25NO2S. The van der Waals surface area contributed by atoms with Crippen LogP contribution in [0.25, 0.3) is 0 Å². The molecule has 0 radical (unpaired) electrons. The fourth-order valence-electron chi connectivity index (χ4n) is 1.20. The van der Waals surface area contributed by atoms with E-state index < -0.39 is 0 Å². The Kier molecular flexibility index (Phi) is 10.9. The van der Waals surface area contributed by atoms with Gasteiger partial charge in [-0.1, -0.05) is 6.92 Å². The number of thioether (sulfide) groups is 1.